The van der Waals surface area contributed by atoms with Gasteiger partial charge in [-0.15, -0.1) is 0 Å². The van der Waals surface area contributed by atoms with E-state index >= 15 is 0 Å². The maximum atomic E-state index is 4.92. The van der Waals surface area contributed by atoms with E-state index < -0.39 is 0 Å². The van der Waals surface area contributed by atoms with Crippen molar-refractivity contribution in [1.82, 2.24) is 24.8 Å². The van der Waals surface area contributed by atoms with Crippen LogP contribution in [0.3, 0.4) is 0 Å². The highest BCUT2D eigenvalue weighted by Gasteiger charge is 2.34. The number of aliphatic imine (C=N–C) groups is 1. The molecule has 0 saturated heterocycles. The number of nitrogens with zero attached hydrogens (tertiary/aromatic N) is 5. The third-order valence-corrected chi connectivity index (χ3v) is 6.98. The molecule has 5 rings (SSSR count). The van der Waals surface area contributed by atoms with Crippen LogP contribution in [0.1, 0.15) is 61.6 Å². The van der Waals surface area contributed by atoms with E-state index in [1.807, 2.05) is 31.5 Å². The van der Waals surface area contributed by atoms with Gasteiger partial charge in [0.25, 0.3) is 0 Å². The van der Waals surface area contributed by atoms with Crippen molar-refractivity contribution in [3.05, 3.63) is 59.7 Å². The summed E-state index contributed by atoms with van der Waals surface area (Å²) in [6, 6.07) is 14.0. The fraction of sp³-hybridized carbons (Fsp3) is 0.500. The molecule has 6 nitrogen and oxygen atoms in total. The number of para-hydroxylation sites is 2. The minimum Gasteiger partial charge on any atom is -0.369 e. The smallest absolute Gasteiger partial charge is 0.121 e. The lowest BCUT2D eigenvalue weighted by Crippen LogP contribution is -2.42. The quantitative estimate of drug-likeness (QED) is 0.453. The van der Waals surface area contributed by atoms with E-state index in [1.54, 1.807) is 0 Å². The van der Waals surface area contributed by atoms with Crippen molar-refractivity contribution in [2.45, 2.75) is 69.6 Å². The lowest BCUT2D eigenvalue weighted by molar-refractivity contribution is 0.0762. The molecular weight excluding hydrogens is 396 g/mol. The summed E-state index contributed by atoms with van der Waals surface area (Å²) in [7, 11) is 4.08. The minimum absolute atomic E-state index is 0.361. The topological polar surface area (TPSA) is 60.4 Å². The van der Waals surface area contributed by atoms with Crippen molar-refractivity contribution < 1.29 is 0 Å². The monoisotopic (exact) mass is 430 g/mol. The fourth-order valence-corrected chi connectivity index (χ4v) is 5.42. The third kappa shape index (κ3) is 4.56. The molecule has 168 valence electrons. The highest BCUT2D eigenvalue weighted by atomic mass is 15.2. The number of aryl methyl sites for hydroxylation is 1. The van der Waals surface area contributed by atoms with E-state index in [2.05, 4.69) is 46.3 Å². The Balaban J connectivity index is 1.41. The first-order chi connectivity index (χ1) is 15.7. The van der Waals surface area contributed by atoms with Crippen molar-refractivity contribution in [1.29, 1.82) is 0 Å². The minimum atomic E-state index is 0.361. The Bertz CT molecular complexity index is 1030. The molecule has 0 spiro atoms. The molecule has 0 bridgehead atoms. The zero-order chi connectivity index (χ0) is 21.9. The second-order valence-electron chi connectivity index (χ2n) is 9.52. The second-order valence-corrected chi connectivity index (χ2v) is 9.52. The first-order valence-electron chi connectivity index (χ1n) is 12.0. The van der Waals surface area contributed by atoms with E-state index in [4.69, 9.17) is 15.0 Å². The molecule has 2 aliphatic rings. The molecule has 1 N–H and O–H groups in total. The SMILES string of the molecule is CN(C)C=N[C@H]1CC[C@H](N(Cc2nc3ccccc3[nH]2)C2CCCc3cccnc32)CC1. The highest BCUT2D eigenvalue weighted by molar-refractivity contribution is 5.74. The Morgan fingerprint density at radius 2 is 1.91 bits per heavy atom. The van der Waals surface area contributed by atoms with Gasteiger partial charge in [0.05, 0.1) is 41.7 Å². The number of hydrogen-bond donors (Lipinski definition) is 1. The maximum Gasteiger partial charge on any atom is 0.121 e. The van der Waals surface area contributed by atoms with Crippen molar-refractivity contribution >= 4 is 17.4 Å². The van der Waals surface area contributed by atoms with Gasteiger partial charge in [-0.3, -0.25) is 14.9 Å². The molecule has 1 atom stereocenters. The number of aromatic nitrogens is 3. The Morgan fingerprint density at radius 1 is 1.06 bits per heavy atom. The summed E-state index contributed by atoms with van der Waals surface area (Å²) < 4.78 is 0. The van der Waals surface area contributed by atoms with E-state index in [1.165, 1.54) is 36.9 Å². The summed E-state index contributed by atoms with van der Waals surface area (Å²) in [4.78, 5) is 22.9. The average Bonchev–Trinajstić information content (AvgIpc) is 3.24. The van der Waals surface area contributed by atoms with E-state index in [-0.39, 0.29) is 0 Å². The molecular formula is C26H34N6. The average molecular weight is 431 g/mol. The summed E-state index contributed by atoms with van der Waals surface area (Å²) >= 11 is 0. The van der Waals surface area contributed by atoms with Crippen molar-refractivity contribution in [2.24, 2.45) is 4.99 Å². The number of benzene rings is 1. The largest absolute Gasteiger partial charge is 0.369 e. The predicted octanol–water partition coefficient (Wildman–Crippen LogP) is 4.74. The van der Waals surface area contributed by atoms with Gasteiger partial charge in [-0.1, -0.05) is 18.2 Å². The number of H-pyrrole nitrogens is 1. The van der Waals surface area contributed by atoms with Crippen molar-refractivity contribution in [3.8, 4) is 0 Å². The predicted molar refractivity (Wildman–Crippen MR) is 130 cm³/mol. The normalized spacial score (nSPS) is 23.7. The highest BCUT2D eigenvalue weighted by Crippen LogP contribution is 2.38. The van der Waals surface area contributed by atoms with Crippen LogP contribution in [0.15, 0.2) is 47.6 Å². The van der Waals surface area contributed by atoms with Crippen molar-refractivity contribution in [2.75, 3.05) is 14.1 Å². The van der Waals surface area contributed by atoms with Crippen LogP contribution >= 0.6 is 0 Å². The molecule has 6 heteroatoms. The van der Waals surface area contributed by atoms with Crippen LogP contribution in [0, 0.1) is 0 Å². The standard InChI is InChI=1S/C26H34N6/c1-31(2)18-28-20-12-14-21(15-13-20)32(17-25-29-22-9-3-4-10-23(22)30-25)24-11-5-7-19-8-6-16-27-26(19)24/h3-4,6,8-10,16,18,20-21,24H,5,7,11-15,17H2,1-2H3,(H,29,30)/t20-,21-,24?. The number of fused-ring (bicyclic) bond motifs is 2. The Morgan fingerprint density at radius 3 is 2.72 bits per heavy atom. The van der Waals surface area contributed by atoms with Gasteiger partial charge in [0.15, 0.2) is 0 Å². The summed E-state index contributed by atoms with van der Waals surface area (Å²) in [5.41, 5.74) is 4.86. The van der Waals surface area contributed by atoms with Crippen LogP contribution in [0.25, 0.3) is 11.0 Å². The van der Waals surface area contributed by atoms with Crippen molar-refractivity contribution in [3.63, 3.8) is 0 Å². The van der Waals surface area contributed by atoms with Gasteiger partial charge in [0.1, 0.15) is 5.82 Å². The Hall–Kier alpha value is -2.73. The van der Waals surface area contributed by atoms with Gasteiger partial charge in [-0.05, 0) is 68.7 Å². The fourth-order valence-electron chi connectivity index (χ4n) is 5.42. The van der Waals surface area contributed by atoms with E-state index in [0.29, 0.717) is 18.1 Å². The van der Waals surface area contributed by atoms with Gasteiger partial charge < -0.3 is 9.88 Å². The van der Waals surface area contributed by atoms with Crippen LogP contribution in [0.5, 0.6) is 0 Å². The third-order valence-electron chi connectivity index (χ3n) is 6.98. The molecule has 0 amide bonds. The van der Waals surface area contributed by atoms with Crippen LogP contribution in [0.2, 0.25) is 0 Å². The Kier molecular flexibility index (Phi) is 6.21. The molecule has 2 aliphatic carbocycles. The first kappa shape index (κ1) is 21.1. The first-order valence-corrected chi connectivity index (χ1v) is 12.0. The van der Waals surface area contributed by atoms with E-state index in [0.717, 1.165) is 42.7 Å². The van der Waals surface area contributed by atoms with Crippen LogP contribution < -0.4 is 0 Å². The van der Waals surface area contributed by atoms with Crippen LogP contribution in [0.4, 0.5) is 0 Å². The number of hydrogen-bond acceptors (Lipinski definition) is 4. The molecule has 32 heavy (non-hydrogen) atoms. The second kappa shape index (κ2) is 9.41. The van der Waals surface area contributed by atoms with Gasteiger partial charge in [-0.25, -0.2) is 4.98 Å². The van der Waals surface area contributed by atoms with Gasteiger partial charge in [0, 0.05) is 26.3 Å². The number of aromatic amines is 1. The summed E-state index contributed by atoms with van der Waals surface area (Å²) in [6.07, 6.45) is 12.1. The molecule has 1 saturated carbocycles. The lowest BCUT2D eigenvalue weighted by atomic mass is 9.86. The maximum absolute atomic E-state index is 4.92. The molecule has 0 aliphatic heterocycles. The number of nitrogens with one attached hydrogen (secondary N) is 1. The molecule has 2 aromatic heterocycles. The zero-order valence-corrected chi connectivity index (χ0v) is 19.2. The summed E-state index contributed by atoms with van der Waals surface area (Å²) in [5, 5.41) is 0. The summed E-state index contributed by atoms with van der Waals surface area (Å²) in [5.74, 6) is 1.06. The molecule has 1 fully saturated rings. The number of pyridine rings is 1. The summed E-state index contributed by atoms with van der Waals surface area (Å²) in [6.45, 7) is 0.839. The molecule has 0 radical (unpaired) electrons. The van der Waals surface area contributed by atoms with E-state index in [9.17, 15) is 0 Å². The molecule has 3 aromatic rings. The molecule has 2 heterocycles. The molecule has 1 unspecified atom stereocenters. The van der Waals surface area contributed by atoms with Crippen LogP contribution in [-0.4, -0.2) is 57.3 Å². The van der Waals surface area contributed by atoms with Crippen LogP contribution in [-0.2, 0) is 13.0 Å². The lowest BCUT2D eigenvalue weighted by Gasteiger charge is -2.42. The zero-order valence-electron chi connectivity index (χ0n) is 19.2. The van der Waals surface area contributed by atoms with Gasteiger partial charge in [0.2, 0.25) is 0 Å². The Labute approximate surface area is 190 Å². The van der Waals surface area contributed by atoms with Gasteiger partial charge >= 0.3 is 0 Å². The van der Waals surface area contributed by atoms with Gasteiger partial charge in [-0.2, -0.15) is 0 Å². The number of imidazole rings is 1. The number of rotatable bonds is 6. The molecule has 1 aromatic carbocycles.